The number of anilines is 1. The zero-order valence-corrected chi connectivity index (χ0v) is 10.5. The molecule has 0 aliphatic carbocycles. The van der Waals surface area contributed by atoms with Crippen molar-refractivity contribution < 1.29 is 17.2 Å². The summed E-state index contributed by atoms with van der Waals surface area (Å²) in [5, 5.41) is 8.80. The number of nitrogens with zero attached hydrogens (tertiary/aromatic N) is 3. The van der Waals surface area contributed by atoms with E-state index in [4.69, 9.17) is 5.26 Å². The van der Waals surface area contributed by atoms with Gasteiger partial charge < -0.3 is 0 Å². The summed E-state index contributed by atoms with van der Waals surface area (Å²) < 4.78 is 51.9. The Morgan fingerprint density at radius 2 is 2.00 bits per heavy atom. The van der Waals surface area contributed by atoms with Crippen LogP contribution in [0, 0.1) is 23.2 Å². The van der Waals surface area contributed by atoms with E-state index in [-0.39, 0.29) is 5.69 Å². The van der Waals surface area contributed by atoms with Crippen molar-refractivity contribution in [2.75, 3.05) is 4.72 Å². The Morgan fingerprint density at radius 3 is 2.65 bits per heavy atom. The molecule has 0 saturated carbocycles. The Labute approximate surface area is 112 Å². The van der Waals surface area contributed by atoms with Crippen LogP contribution in [0.25, 0.3) is 0 Å². The minimum absolute atomic E-state index is 0.338. The highest BCUT2D eigenvalue weighted by atomic mass is 32.2. The first-order valence-corrected chi connectivity index (χ1v) is 6.62. The van der Waals surface area contributed by atoms with Crippen molar-refractivity contribution in [3.8, 4) is 6.07 Å². The average Bonchev–Trinajstić information content (AvgIpc) is 2.42. The van der Waals surface area contributed by atoms with Crippen LogP contribution in [0.1, 0.15) is 5.69 Å². The minimum atomic E-state index is -4.23. The van der Waals surface area contributed by atoms with Crippen molar-refractivity contribution in [1.82, 2.24) is 9.97 Å². The number of sulfonamides is 1. The number of hydrogen-bond acceptors (Lipinski definition) is 5. The Hall–Kier alpha value is -2.60. The van der Waals surface area contributed by atoms with Crippen molar-refractivity contribution >= 4 is 15.7 Å². The van der Waals surface area contributed by atoms with Crippen LogP contribution in [0.4, 0.5) is 14.5 Å². The van der Waals surface area contributed by atoms with E-state index in [0.717, 1.165) is 18.2 Å². The highest BCUT2D eigenvalue weighted by molar-refractivity contribution is 7.92. The first-order chi connectivity index (χ1) is 9.44. The predicted molar refractivity (Wildman–Crippen MR) is 63.9 cm³/mol. The number of aromatic nitrogens is 2. The summed E-state index contributed by atoms with van der Waals surface area (Å²) in [6.07, 6.45) is 1.25. The number of nitrogens with one attached hydrogen (secondary N) is 1. The smallest absolute Gasteiger partial charge is 0.264 e. The molecule has 0 aliphatic heterocycles. The maximum Gasteiger partial charge on any atom is 0.264 e. The molecular formula is C11H6F2N4O2S. The molecule has 2 aromatic heterocycles. The lowest BCUT2D eigenvalue weighted by Gasteiger charge is -2.08. The molecule has 102 valence electrons. The van der Waals surface area contributed by atoms with Crippen LogP contribution >= 0.6 is 0 Å². The van der Waals surface area contributed by atoms with E-state index in [0.29, 0.717) is 0 Å². The van der Waals surface area contributed by atoms with Crippen molar-refractivity contribution in [3.05, 3.63) is 48.1 Å². The van der Waals surface area contributed by atoms with E-state index in [9.17, 15) is 17.2 Å². The Morgan fingerprint density at radius 1 is 1.25 bits per heavy atom. The summed E-state index contributed by atoms with van der Waals surface area (Å²) in [6.45, 7) is 0. The van der Waals surface area contributed by atoms with E-state index >= 15 is 0 Å². The van der Waals surface area contributed by atoms with Crippen molar-refractivity contribution in [3.63, 3.8) is 0 Å². The fourth-order valence-electron chi connectivity index (χ4n) is 1.38. The number of nitriles is 1. The predicted octanol–water partition coefficient (Wildman–Crippen LogP) is 1.43. The molecule has 1 N–H and O–H groups in total. The first-order valence-electron chi connectivity index (χ1n) is 5.14. The first kappa shape index (κ1) is 13.8. The molecule has 2 aromatic rings. The lowest BCUT2D eigenvalue weighted by molar-refractivity contribution is 0.515. The average molecular weight is 296 g/mol. The van der Waals surface area contributed by atoms with Gasteiger partial charge in [-0.05, 0) is 24.3 Å². The second-order valence-corrected chi connectivity index (χ2v) is 5.19. The van der Waals surface area contributed by atoms with Gasteiger partial charge in [-0.3, -0.25) is 4.72 Å². The second-order valence-electron chi connectivity index (χ2n) is 3.54. The number of hydrogen-bond donors (Lipinski definition) is 1. The molecule has 0 atom stereocenters. The molecule has 0 fully saturated rings. The minimum Gasteiger partial charge on any atom is -0.275 e. The van der Waals surface area contributed by atoms with Crippen LogP contribution in [-0.4, -0.2) is 18.4 Å². The van der Waals surface area contributed by atoms with Gasteiger partial charge in [-0.2, -0.15) is 19.0 Å². The van der Waals surface area contributed by atoms with Crippen molar-refractivity contribution in [2.45, 2.75) is 4.90 Å². The van der Waals surface area contributed by atoms with Crippen LogP contribution in [-0.2, 0) is 10.0 Å². The van der Waals surface area contributed by atoms with Crippen molar-refractivity contribution in [1.29, 1.82) is 5.26 Å². The lowest BCUT2D eigenvalue weighted by Crippen LogP contribution is -2.16. The normalized spacial score (nSPS) is 10.8. The third kappa shape index (κ3) is 2.70. The van der Waals surface area contributed by atoms with Gasteiger partial charge in [-0.1, -0.05) is 0 Å². The molecule has 0 amide bonds. The molecule has 6 nitrogen and oxygen atoms in total. The van der Waals surface area contributed by atoms with Crippen molar-refractivity contribution in [2.24, 2.45) is 0 Å². The highest BCUT2D eigenvalue weighted by Crippen LogP contribution is 2.19. The fraction of sp³-hybridized carbons (Fsp3) is 0. The fourth-order valence-corrected chi connectivity index (χ4v) is 2.54. The summed E-state index contributed by atoms with van der Waals surface area (Å²) >= 11 is 0. The van der Waals surface area contributed by atoms with Gasteiger partial charge >= 0.3 is 0 Å². The lowest BCUT2D eigenvalue weighted by atomic mass is 10.4. The molecule has 9 heteroatoms. The largest absolute Gasteiger partial charge is 0.275 e. The van der Waals surface area contributed by atoms with Gasteiger partial charge in [0.25, 0.3) is 10.0 Å². The van der Waals surface area contributed by atoms with Gasteiger partial charge in [-0.25, -0.2) is 13.4 Å². The summed E-state index contributed by atoms with van der Waals surface area (Å²) in [4.78, 5) is 6.03. The van der Waals surface area contributed by atoms with Crippen LogP contribution in [0.2, 0.25) is 0 Å². The van der Waals surface area contributed by atoms with Crippen LogP contribution < -0.4 is 4.72 Å². The van der Waals surface area contributed by atoms with Gasteiger partial charge in [-0.15, -0.1) is 0 Å². The quantitative estimate of drug-likeness (QED) is 0.864. The summed E-state index contributed by atoms with van der Waals surface area (Å²) in [7, 11) is -4.23. The van der Waals surface area contributed by atoms with Crippen LogP contribution in [0.3, 0.4) is 0 Å². The molecule has 2 heterocycles. The second kappa shape index (κ2) is 5.18. The van der Waals surface area contributed by atoms with E-state index in [1.807, 2.05) is 4.72 Å². The molecule has 0 radical (unpaired) electrons. The van der Waals surface area contributed by atoms with Gasteiger partial charge in [0.05, 0.1) is 0 Å². The monoisotopic (exact) mass is 296 g/mol. The molecule has 20 heavy (non-hydrogen) atoms. The van der Waals surface area contributed by atoms with Gasteiger partial charge in [0.15, 0.2) is 5.69 Å². The third-order valence-corrected chi connectivity index (χ3v) is 3.62. The van der Waals surface area contributed by atoms with E-state index in [1.165, 1.54) is 12.3 Å². The Kier molecular flexibility index (Phi) is 3.58. The molecular weight excluding hydrogens is 290 g/mol. The molecule has 0 unspecified atom stereocenters. The van der Waals surface area contributed by atoms with Gasteiger partial charge in [0.2, 0.25) is 11.9 Å². The van der Waals surface area contributed by atoms with Gasteiger partial charge in [0.1, 0.15) is 16.7 Å². The SMILES string of the molecule is N#Cc1ncccc1S(=O)(=O)Nc1ccc(F)nc1F. The van der Waals surface area contributed by atoms with Crippen LogP contribution in [0.5, 0.6) is 0 Å². The highest BCUT2D eigenvalue weighted by Gasteiger charge is 2.21. The van der Waals surface area contributed by atoms with E-state index in [2.05, 4.69) is 9.97 Å². The Balaban J connectivity index is 2.44. The maximum absolute atomic E-state index is 13.3. The summed E-state index contributed by atoms with van der Waals surface area (Å²) in [5.41, 5.74) is -0.866. The third-order valence-electron chi connectivity index (χ3n) is 2.23. The molecule has 0 aliphatic rings. The zero-order valence-electron chi connectivity index (χ0n) is 9.71. The number of rotatable bonds is 3. The number of pyridine rings is 2. The standard InChI is InChI=1S/C11H6F2N4O2S/c12-10-4-3-7(11(13)16-10)17-20(18,19)9-2-1-5-15-8(9)6-14/h1-5,17H. The Bertz CT molecular complexity index is 802. The molecule has 0 aromatic carbocycles. The van der Waals surface area contributed by atoms with Gasteiger partial charge in [0, 0.05) is 6.20 Å². The molecule has 0 bridgehead atoms. The van der Waals surface area contributed by atoms with E-state index in [1.54, 1.807) is 6.07 Å². The maximum atomic E-state index is 13.3. The summed E-state index contributed by atoms with van der Waals surface area (Å²) in [6, 6.07) is 5.75. The molecule has 0 saturated heterocycles. The zero-order chi connectivity index (χ0) is 14.8. The van der Waals surface area contributed by atoms with E-state index < -0.39 is 32.5 Å². The topological polar surface area (TPSA) is 95.7 Å². The van der Waals surface area contributed by atoms with Crippen LogP contribution in [0.15, 0.2) is 35.4 Å². The molecule has 2 rings (SSSR count). The number of halogens is 2. The molecule has 0 spiro atoms. The summed E-state index contributed by atoms with van der Waals surface area (Å²) in [5.74, 6) is -2.39.